The van der Waals surface area contributed by atoms with Crippen molar-refractivity contribution in [2.24, 2.45) is 0 Å². The van der Waals surface area contributed by atoms with Gasteiger partial charge in [0.1, 0.15) is 0 Å². The van der Waals surface area contributed by atoms with Crippen molar-refractivity contribution in [3.8, 4) is 0 Å². The number of rotatable bonds is 2. The molecule has 0 spiro atoms. The van der Waals surface area contributed by atoms with Gasteiger partial charge in [-0.15, -0.1) is 0 Å². The van der Waals surface area contributed by atoms with Crippen molar-refractivity contribution in [2.75, 3.05) is 5.32 Å². The number of halogens is 2. The molecular weight excluding hydrogens is 394 g/mol. The van der Waals surface area contributed by atoms with Gasteiger partial charge in [-0.3, -0.25) is 4.79 Å². The number of carbonyl (C=O) groups is 1. The van der Waals surface area contributed by atoms with Crippen LogP contribution in [0.5, 0.6) is 0 Å². The maximum atomic E-state index is 12.0. The van der Waals surface area contributed by atoms with Crippen LogP contribution in [0.15, 0.2) is 46.9 Å². The van der Waals surface area contributed by atoms with E-state index in [1.54, 1.807) is 0 Å². The summed E-state index contributed by atoms with van der Waals surface area (Å²) in [4.78, 5) is 12.1. The summed E-state index contributed by atoms with van der Waals surface area (Å²) in [6.45, 7) is 3.92. The summed E-state index contributed by atoms with van der Waals surface area (Å²) < 4.78 is 1.07. The second-order valence-corrected chi connectivity index (χ2v) is 7.63. The summed E-state index contributed by atoms with van der Waals surface area (Å²) >= 11 is 7.21. The first kappa shape index (κ1) is 14.8. The number of nitrogens with one attached hydrogen (secondary N) is 1. The van der Waals surface area contributed by atoms with Gasteiger partial charge in [0.25, 0.3) is 0 Å². The third-order valence-electron chi connectivity index (χ3n) is 3.99. The van der Waals surface area contributed by atoms with Crippen molar-refractivity contribution in [1.29, 1.82) is 0 Å². The standard InChI is InChI=1S/C17H15Br2NO/c1-17(2)13-9-11(5-8-14(13)20-16(17)21)15(19)10-3-6-12(18)7-4-10/h3-9,15H,1-2H3,(H,20,21). The van der Waals surface area contributed by atoms with Crippen molar-refractivity contribution < 1.29 is 4.79 Å². The molecule has 2 nitrogen and oxygen atoms in total. The Kier molecular flexibility index (Phi) is 3.70. The van der Waals surface area contributed by atoms with Gasteiger partial charge in [-0.2, -0.15) is 0 Å². The molecule has 1 unspecified atom stereocenters. The SMILES string of the molecule is CC1(C)C(=O)Nc2ccc(C(Br)c3ccc(Br)cc3)cc21. The van der Waals surface area contributed by atoms with Gasteiger partial charge in [0.05, 0.1) is 10.2 Å². The van der Waals surface area contributed by atoms with E-state index in [4.69, 9.17) is 0 Å². The average Bonchev–Trinajstić information content (AvgIpc) is 2.69. The van der Waals surface area contributed by atoms with Gasteiger partial charge in [0.2, 0.25) is 5.91 Å². The Hall–Kier alpha value is -1.13. The van der Waals surface area contributed by atoms with Crippen LogP contribution in [0.2, 0.25) is 0 Å². The van der Waals surface area contributed by atoms with E-state index in [2.05, 4.69) is 61.4 Å². The van der Waals surface area contributed by atoms with Crippen molar-refractivity contribution in [3.63, 3.8) is 0 Å². The fourth-order valence-electron chi connectivity index (χ4n) is 2.57. The number of anilines is 1. The van der Waals surface area contributed by atoms with E-state index < -0.39 is 5.41 Å². The van der Waals surface area contributed by atoms with Gasteiger partial charge in [0.15, 0.2) is 0 Å². The molecule has 108 valence electrons. The molecule has 0 saturated carbocycles. The minimum absolute atomic E-state index is 0.0596. The second kappa shape index (κ2) is 5.25. The van der Waals surface area contributed by atoms with E-state index in [0.717, 1.165) is 21.3 Å². The largest absolute Gasteiger partial charge is 0.325 e. The minimum Gasteiger partial charge on any atom is -0.325 e. The fourth-order valence-corrected chi connectivity index (χ4v) is 3.43. The Morgan fingerprint density at radius 2 is 1.67 bits per heavy atom. The number of fused-ring (bicyclic) bond motifs is 1. The first-order valence-corrected chi connectivity index (χ1v) is 8.46. The molecule has 1 heterocycles. The zero-order valence-corrected chi connectivity index (χ0v) is 15.0. The lowest BCUT2D eigenvalue weighted by Crippen LogP contribution is -2.26. The van der Waals surface area contributed by atoms with Crippen molar-refractivity contribution in [3.05, 3.63) is 63.6 Å². The lowest BCUT2D eigenvalue weighted by Gasteiger charge is -2.18. The van der Waals surface area contributed by atoms with Gasteiger partial charge >= 0.3 is 0 Å². The molecular formula is C17H15Br2NO. The van der Waals surface area contributed by atoms with E-state index in [9.17, 15) is 4.79 Å². The topological polar surface area (TPSA) is 29.1 Å². The lowest BCUT2D eigenvalue weighted by atomic mass is 9.85. The average molecular weight is 409 g/mol. The van der Waals surface area contributed by atoms with Crippen molar-refractivity contribution in [1.82, 2.24) is 0 Å². The van der Waals surface area contributed by atoms with Gasteiger partial charge < -0.3 is 5.32 Å². The first-order valence-electron chi connectivity index (χ1n) is 6.75. The van der Waals surface area contributed by atoms with Gasteiger partial charge in [-0.1, -0.05) is 56.1 Å². The number of carbonyl (C=O) groups excluding carboxylic acids is 1. The van der Waals surface area contributed by atoms with Crippen LogP contribution in [-0.2, 0) is 10.2 Å². The molecule has 0 aromatic heterocycles. The van der Waals surface area contributed by atoms with E-state index >= 15 is 0 Å². The highest BCUT2D eigenvalue weighted by molar-refractivity contribution is 9.10. The molecule has 2 aromatic carbocycles. The summed E-state index contributed by atoms with van der Waals surface area (Å²) in [6, 6.07) is 14.4. The van der Waals surface area contributed by atoms with Crippen molar-refractivity contribution >= 4 is 43.5 Å². The Morgan fingerprint density at radius 1 is 1.05 bits per heavy atom. The van der Waals surface area contributed by atoms with Crippen LogP contribution in [-0.4, -0.2) is 5.91 Å². The number of benzene rings is 2. The van der Waals surface area contributed by atoms with Crippen LogP contribution in [0.3, 0.4) is 0 Å². The van der Waals surface area contributed by atoms with Crippen LogP contribution in [0.1, 0.15) is 35.4 Å². The maximum Gasteiger partial charge on any atom is 0.234 e. The molecule has 0 bridgehead atoms. The molecule has 0 radical (unpaired) electrons. The first-order chi connectivity index (χ1) is 9.89. The van der Waals surface area contributed by atoms with Crippen LogP contribution in [0.4, 0.5) is 5.69 Å². The monoisotopic (exact) mass is 407 g/mol. The summed E-state index contributed by atoms with van der Waals surface area (Å²) in [6.07, 6.45) is 0. The van der Waals surface area contributed by atoms with Crippen molar-refractivity contribution in [2.45, 2.75) is 24.1 Å². The number of hydrogen-bond acceptors (Lipinski definition) is 1. The lowest BCUT2D eigenvalue weighted by molar-refractivity contribution is -0.119. The molecule has 0 saturated heterocycles. The summed E-state index contributed by atoms with van der Waals surface area (Å²) in [5, 5.41) is 2.94. The van der Waals surface area contributed by atoms with E-state index in [0.29, 0.717) is 0 Å². The maximum absolute atomic E-state index is 12.0. The molecule has 3 rings (SSSR count). The smallest absolute Gasteiger partial charge is 0.234 e. The number of amides is 1. The van der Waals surface area contributed by atoms with Gasteiger partial charge in [-0.25, -0.2) is 0 Å². The van der Waals surface area contributed by atoms with E-state index in [-0.39, 0.29) is 10.7 Å². The Morgan fingerprint density at radius 3 is 2.33 bits per heavy atom. The molecule has 2 aromatic rings. The Labute approximate surface area is 141 Å². The van der Waals surface area contributed by atoms with Gasteiger partial charge in [0, 0.05) is 10.2 Å². The molecule has 1 atom stereocenters. The zero-order chi connectivity index (χ0) is 15.2. The molecule has 21 heavy (non-hydrogen) atoms. The van der Waals surface area contributed by atoms with Crippen LogP contribution in [0, 0.1) is 0 Å². The Balaban J connectivity index is 2.00. The molecule has 0 fully saturated rings. The summed E-state index contributed by atoms with van der Waals surface area (Å²) in [7, 11) is 0. The molecule has 1 N–H and O–H groups in total. The summed E-state index contributed by atoms with van der Waals surface area (Å²) in [5.74, 6) is 0.0596. The van der Waals surface area contributed by atoms with Crippen LogP contribution < -0.4 is 5.32 Å². The third kappa shape index (κ3) is 2.55. The molecule has 1 amide bonds. The molecule has 1 aliphatic rings. The van der Waals surface area contributed by atoms with E-state index in [1.807, 2.05) is 32.0 Å². The second-order valence-electron chi connectivity index (χ2n) is 5.80. The number of hydrogen-bond donors (Lipinski definition) is 1. The van der Waals surface area contributed by atoms with Crippen LogP contribution in [0.25, 0.3) is 0 Å². The normalized spacial score (nSPS) is 17.2. The molecule has 0 aliphatic carbocycles. The highest BCUT2D eigenvalue weighted by Crippen LogP contribution is 2.41. The summed E-state index contributed by atoms with van der Waals surface area (Å²) in [5.41, 5.74) is 3.85. The quantitative estimate of drug-likeness (QED) is 0.683. The zero-order valence-electron chi connectivity index (χ0n) is 11.8. The highest BCUT2D eigenvalue weighted by Gasteiger charge is 2.38. The predicted molar refractivity (Wildman–Crippen MR) is 93.0 cm³/mol. The third-order valence-corrected chi connectivity index (χ3v) is 5.57. The highest BCUT2D eigenvalue weighted by atomic mass is 79.9. The molecule has 4 heteroatoms. The van der Waals surface area contributed by atoms with Crippen LogP contribution >= 0.6 is 31.9 Å². The number of alkyl halides is 1. The Bertz CT molecular complexity index is 707. The fraction of sp³-hybridized carbons (Fsp3) is 0.235. The minimum atomic E-state index is -0.474. The van der Waals surface area contributed by atoms with E-state index in [1.165, 1.54) is 5.56 Å². The predicted octanol–water partition coefficient (Wildman–Crippen LogP) is 5.16. The molecule has 1 aliphatic heterocycles. The van der Waals surface area contributed by atoms with Gasteiger partial charge in [-0.05, 0) is 48.7 Å².